The van der Waals surface area contributed by atoms with Crippen molar-refractivity contribution in [3.63, 3.8) is 0 Å². The molecule has 0 spiro atoms. The molecule has 0 bridgehead atoms. The number of urea groups is 1. The molecule has 0 aliphatic heterocycles. The standard InChI is InChI=1S/C12H22N2O4/c1-14(9-6-4-2-3-5-7-9)12(18)13-8-10(15)11(16)17/h9-10,15H,2-8H2,1H3,(H,13,18)(H,16,17)/t10-/m0/s1. The second kappa shape index (κ2) is 7.20. The summed E-state index contributed by atoms with van der Waals surface area (Å²) in [5.41, 5.74) is 0. The summed E-state index contributed by atoms with van der Waals surface area (Å²) < 4.78 is 0. The van der Waals surface area contributed by atoms with Crippen LogP contribution in [0, 0.1) is 0 Å². The van der Waals surface area contributed by atoms with Crippen LogP contribution in [-0.2, 0) is 4.79 Å². The maximum atomic E-state index is 11.8. The Morgan fingerprint density at radius 3 is 2.33 bits per heavy atom. The number of carboxylic acids is 1. The molecule has 104 valence electrons. The van der Waals surface area contributed by atoms with E-state index in [0.717, 1.165) is 25.7 Å². The molecule has 18 heavy (non-hydrogen) atoms. The smallest absolute Gasteiger partial charge is 0.334 e. The molecule has 0 aromatic heterocycles. The van der Waals surface area contributed by atoms with Crippen LogP contribution in [0.3, 0.4) is 0 Å². The van der Waals surface area contributed by atoms with Gasteiger partial charge in [-0.1, -0.05) is 25.7 Å². The normalized spacial score (nSPS) is 18.8. The molecule has 0 aromatic carbocycles. The van der Waals surface area contributed by atoms with Crippen molar-refractivity contribution in [2.45, 2.75) is 50.7 Å². The Hall–Kier alpha value is -1.30. The van der Waals surface area contributed by atoms with Gasteiger partial charge in [-0.3, -0.25) is 0 Å². The lowest BCUT2D eigenvalue weighted by Crippen LogP contribution is -2.46. The number of hydrogen-bond acceptors (Lipinski definition) is 3. The molecule has 1 saturated carbocycles. The molecule has 0 radical (unpaired) electrons. The quantitative estimate of drug-likeness (QED) is 0.650. The Kier molecular flexibility index (Phi) is 5.91. The van der Waals surface area contributed by atoms with Crippen LogP contribution in [0.15, 0.2) is 0 Å². The number of hydrogen-bond donors (Lipinski definition) is 3. The van der Waals surface area contributed by atoms with Gasteiger partial charge in [-0.15, -0.1) is 0 Å². The van der Waals surface area contributed by atoms with Crippen LogP contribution >= 0.6 is 0 Å². The summed E-state index contributed by atoms with van der Waals surface area (Å²) in [5, 5.41) is 20.0. The summed E-state index contributed by atoms with van der Waals surface area (Å²) in [6.45, 7) is -0.259. The number of nitrogens with zero attached hydrogens (tertiary/aromatic N) is 1. The Morgan fingerprint density at radius 2 is 1.83 bits per heavy atom. The molecule has 2 amide bonds. The average Bonchev–Trinajstić information content (AvgIpc) is 2.63. The van der Waals surface area contributed by atoms with Gasteiger partial charge in [0, 0.05) is 13.1 Å². The number of aliphatic hydroxyl groups excluding tert-OH is 1. The summed E-state index contributed by atoms with van der Waals surface area (Å²) >= 11 is 0. The molecule has 1 aliphatic carbocycles. The third kappa shape index (κ3) is 4.52. The Bertz CT molecular complexity index is 288. The summed E-state index contributed by atoms with van der Waals surface area (Å²) in [6.07, 6.45) is 5.11. The van der Waals surface area contributed by atoms with Gasteiger partial charge in [0.2, 0.25) is 0 Å². The van der Waals surface area contributed by atoms with Crippen LogP contribution < -0.4 is 5.32 Å². The van der Waals surface area contributed by atoms with Crippen LogP contribution in [0.2, 0.25) is 0 Å². The maximum absolute atomic E-state index is 11.8. The fourth-order valence-electron chi connectivity index (χ4n) is 2.21. The first-order valence-electron chi connectivity index (χ1n) is 6.44. The van der Waals surface area contributed by atoms with Crippen molar-refractivity contribution in [3.05, 3.63) is 0 Å². The second-order valence-electron chi connectivity index (χ2n) is 4.80. The van der Waals surface area contributed by atoms with Crippen LogP contribution in [0.5, 0.6) is 0 Å². The number of carbonyl (C=O) groups excluding carboxylic acids is 1. The van der Waals surface area contributed by atoms with Gasteiger partial charge in [-0.25, -0.2) is 9.59 Å². The molecule has 0 saturated heterocycles. The number of rotatable bonds is 4. The van der Waals surface area contributed by atoms with E-state index in [0.29, 0.717) is 0 Å². The first-order chi connectivity index (χ1) is 8.52. The van der Waals surface area contributed by atoms with Crippen molar-refractivity contribution in [3.8, 4) is 0 Å². The highest BCUT2D eigenvalue weighted by atomic mass is 16.4. The number of nitrogens with one attached hydrogen (secondary N) is 1. The number of carbonyl (C=O) groups is 2. The molecule has 3 N–H and O–H groups in total. The predicted molar refractivity (Wildman–Crippen MR) is 66.3 cm³/mol. The first kappa shape index (κ1) is 14.8. The van der Waals surface area contributed by atoms with Crippen molar-refractivity contribution in [2.24, 2.45) is 0 Å². The fourth-order valence-corrected chi connectivity index (χ4v) is 2.21. The van der Waals surface area contributed by atoms with E-state index in [4.69, 9.17) is 10.2 Å². The van der Waals surface area contributed by atoms with Gasteiger partial charge < -0.3 is 20.4 Å². The van der Waals surface area contributed by atoms with Crippen molar-refractivity contribution >= 4 is 12.0 Å². The molecule has 1 atom stereocenters. The molecule has 0 unspecified atom stereocenters. The molecule has 6 heteroatoms. The summed E-state index contributed by atoms with van der Waals surface area (Å²) in [5.74, 6) is -1.33. The van der Waals surface area contributed by atoms with Crippen LogP contribution in [-0.4, -0.2) is 52.9 Å². The zero-order chi connectivity index (χ0) is 13.5. The topological polar surface area (TPSA) is 89.9 Å². The van der Waals surface area contributed by atoms with Crippen molar-refractivity contribution in [2.75, 3.05) is 13.6 Å². The fraction of sp³-hybridized carbons (Fsp3) is 0.833. The zero-order valence-electron chi connectivity index (χ0n) is 10.8. The third-order valence-corrected chi connectivity index (χ3v) is 3.42. The molecule has 0 aromatic rings. The summed E-state index contributed by atoms with van der Waals surface area (Å²) in [6, 6.07) is -0.100. The number of aliphatic carboxylic acids is 1. The zero-order valence-corrected chi connectivity index (χ0v) is 10.8. The van der Waals surface area contributed by atoms with E-state index in [1.54, 1.807) is 11.9 Å². The lowest BCUT2D eigenvalue weighted by Gasteiger charge is -2.27. The van der Waals surface area contributed by atoms with Crippen molar-refractivity contribution in [1.82, 2.24) is 10.2 Å². The Balaban J connectivity index is 2.37. The minimum atomic E-state index is -1.54. The van der Waals surface area contributed by atoms with Crippen molar-refractivity contribution < 1.29 is 19.8 Å². The summed E-state index contributed by atoms with van der Waals surface area (Å²) in [4.78, 5) is 23.8. The van der Waals surface area contributed by atoms with Gasteiger partial charge in [0.05, 0.1) is 6.54 Å². The largest absolute Gasteiger partial charge is 0.479 e. The second-order valence-corrected chi connectivity index (χ2v) is 4.80. The molecular weight excluding hydrogens is 236 g/mol. The Morgan fingerprint density at radius 1 is 1.28 bits per heavy atom. The van der Waals surface area contributed by atoms with E-state index in [9.17, 15) is 9.59 Å². The molecule has 1 fully saturated rings. The maximum Gasteiger partial charge on any atom is 0.334 e. The van der Waals surface area contributed by atoms with Crippen LogP contribution in [0.4, 0.5) is 4.79 Å². The molecule has 6 nitrogen and oxygen atoms in total. The average molecular weight is 258 g/mol. The van der Waals surface area contributed by atoms with Gasteiger partial charge >= 0.3 is 12.0 Å². The van der Waals surface area contributed by atoms with E-state index in [2.05, 4.69) is 5.32 Å². The van der Waals surface area contributed by atoms with Gasteiger partial charge in [0.15, 0.2) is 6.10 Å². The van der Waals surface area contributed by atoms with Crippen LogP contribution in [0.25, 0.3) is 0 Å². The lowest BCUT2D eigenvalue weighted by molar-refractivity contribution is -0.146. The minimum absolute atomic E-state index is 0.217. The van der Waals surface area contributed by atoms with Crippen LogP contribution in [0.1, 0.15) is 38.5 Å². The van der Waals surface area contributed by atoms with Gasteiger partial charge in [0.1, 0.15) is 0 Å². The highest BCUT2D eigenvalue weighted by Gasteiger charge is 2.22. The summed E-state index contributed by atoms with van der Waals surface area (Å²) in [7, 11) is 1.72. The number of carboxylic acid groups (broad SMARTS) is 1. The number of amides is 2. The van der Waals surface area contributed by atoms with E-state index < -0.39 is 12.1 Å². The Labute approximate surface area is 107 Å². The van der Waals surface area contributed by atoms with Crippen molar-refractivity contribution in [1.29, 1.82) is 0 Å². The van der Waals surface area contributed by atoms with E-state index in [-0.39, 0.29) is 18.6 Å². The molecule has 0 heterocycles. The molecule has 1 rings (SSSR count). The highest BCUT2D eigenvalue weighted by molar-refractivity contribution is 5.76. The van der Waals surface area contributed by atoms with Gasteiger partial charge in [-0.05, 0) is 12.8 Å². The van der Waals surface area contributed by atoms with E-state index in [1.807, 2.05) is 0 Å². The predicted octanol–water partition coefficient (Wildman–Crippen LogP) is 0.796. The highest BCUT2D eigenvalue weighted by Crippen LogP contribution is 2.20. The van der Waals surface area contributed by atoms with Gasteiger partial charge in [0.25, 0.3) is 0 Å². The third-order valence-electron chi connectivity index (χ3n) is 3.42. The molecule has 1 aliphatic rings. The number of aliphatic hydroxyl groups is 1. The minimum Gasteiger partial charge on any atom is -0.479 e. The van der Waals surface area contributed by atoms with E-state index in [1.165, 1.54) is 12.8 Å². The monoisotopic (exact) mass is 258 g/mol. The van der Waals surface area contributed by atoms with E-state index >= 15 is 0 Å². The molecular formula is C12H22N2O4. The van der Waals surface area contributed by atoms with Gasteiger partial charge in [-0.2, -0.15) is 0 Å². The first-order valence-corrected chi connectivity index (χ1v) is 6.44. The SMILES string of the molecule is CN(C(=O)NC[C@H](O)C(=O)O)C1CCCCCC1. The lowest BCUT2D eigenvalue weighted by atomic mass is 10.1.